The Morgan fingerprint density at radius 3 is 2.14 bits per heavy atom. The van der Waals surface area contributed by atoms with E-state index in [1.807, 2.05) is 39.8 Å². The quantitative estimate of drug-likeness (QED) is 0.161. The number of nitrogens with zero attached hydrogens (tertiary/aromatic N) is 2. The molecule has 49 heavy (non-hydrogen) atoms. The first-order valence-corrected chi connectivity index (χ1v) is 16.0. The highest BCUT2D eigenvalue weighted by atomic mass is 16.5. The molecule has 11 heteroatoms. The molecule has 0 saturated carbocycles. The fraction of sp³-hybridized carbons (Fsp3) is 0.263. The molecule has 4 N–H and O–H groups in total. The number of hydrogen-bond donors (Lipinski definition) is 4. The van der Waals surface area contributed by atoms with Gasteiger partial charge in [0.05, 0.1) is 49.2 Å². The van der Waals surface area contributed by atoms with Gasteiger partial charge in [0, 0.05) is 31.8 Å². The van der Waals surface area contributed by atoms with Crippen molar-refractivity contribution in [1.82, 2.24) is 9.13 Å². The summed E-state index contributed by atoms with van der Waals surface area (Å²) in [5.41, 5.74) is 0.606. The largest absolute Gasteiger partial charge is 0.507 e. The van der Waals surface area contributed by atoms with Crippen molar-refractivity contribution in [2.24, 2.45) is 20.0 Å². The minimum Gasteiger partial charge on any atom is -0.507 e. The van der Waals surface area contributed by atoms with Crippen LogP contribution in [0.25, 0.3) is 49.7 Å². The van der Waals surface area contributed by atoms with Gasteiger partial charge in [0.2, 0.25) is 10.9 Å². The number of phenolic OH excluding ortho intramolecular Hbond substituents is 3. The van der Waals surface area contributed by atoms with Gasteiger partial charge in [0.25, 0.3) is 0 Å². The highest BCUT2D eigenvalue weighted by Crippen LogP contribution is 2.48. The van der Waals surface area contributed by atoms with Crippen LogP contribution in [0.2, 0.25) is 0 Å². The molecule has 0 unspecified atom stereocenters. The number of aliphatic hydroxyl groups excluding tert-OH is 1. The van der Waals surface area contributed by atoms with Gasteiger partial charge in [-0.2, -0.15) is 0 Å². The average Bonchev–Trinajstić information content (AvgIpc) is 3.37. The van der Waals surface area contributed by atoms with Crippen molar-refractivity contribution in [3.8, 4) is 40.2 Å². The Morgan fingerprint density at radius 2 is 1.45 bits per heavy atom. The number of pyridine rings is 2. The Balaban J connectivity index is 1.36. The summed E-state index contributed by atoms with van der Waals surface area (Å²) in [6.45, 7) is 7.59. The molecule has 0 fully saturated rings. The Morgan fingerprint density at radius 1 is 0.816 bits per heavy atom. The molecule has 0 aliphatic carbocycles. The molecule has 0 amide bonds. The van der Waals surface area contributed by atoms with Crippen LogP contribution in [0.1, 0.15) is 44.9 Å². The van der Waals surface area contributed by atoms with E-state index in [9.17, 15) is 30.0 Å². The maximum atomic E-state index is 13.9. The van der Waals surface area contributed by atoms with Crippen LogP contribution in [0, 0.1) is 5.92 Å². The van der Waals surface area contributed by atoms with Crippen molar-refractivity contribution in [3.63, 3.8) is 0 Å². The number of aliphatic hydroxyl groups is 1. The molecule has 2 aliphatic heterocycles. The van der Waals surface area contributed by atoms with Gasteiger partial charge in [-0.3, -0.25) is 9.59 Å². The van der Waals surface area contributed by atoms with Gasteiger partial charge in [-0.05, 0) is 56.2 Å². The summed E-state index contributed by atoms with van der Waals surface area (Å²) < 4.78 is 21.8. The first kappa shape index (κ1) is 30.6. The number of hydrogen-bond acceptors (Lipinski definition) is 9. The molecule has 250 valence electrons. The van der Waals surface area contributed by atoms with Crippen molar-refractivity contribution in [2.75, 3.05) is 0 Å². The normalized spacial score (nSPS) is 17.9. The highest BCUT2D eigenvalue weighted by molar-refractivity contribution is 6.04. The predicted octanol–water partition coefficient (Wildman–Crippen LogP) is 6.24. The first-order chi connectivity index (χ1) is 23.2. The lowest BCUT2D eigenvalue weighted by Gasteiger charge is -2.29. The summed E-state index contributed by atoms with van der Waals surface area (Å²) in [5.74, 6) is 0.0195. The molecule has 2 aromatic heterocycles. The molecule has 0 spiro atoms. The van der Waals surface area contributed by atoms with E-state index in [0.717, 1.165) is 0 Å². The minimum atomic E-state index is -1.05. The molecule has 6 aromatic rings. The molecule has 11 nitrogen and oxygen atoms in total. The summed E-state index contributed by atoms with van der Waals surface area (Å²) in [6.07, 6.45) is 2.07. The van der Waals surface area contributed by atoms with E-state index in [1.54, 1.807) is 41.4 Å². The summed E-state index contributed by atoms with van der Waals surface area (Å²) >= 11 is 0. The lowest BCUT2D eigenvalue weighted by Crippen LogP contribution is -2.28. The molecule has 8 rings (SSSR count). The SMILES string of the molecule is CC(C)[C@@H]1Oc2cc(O)c3c(=O)c4cccc(Oc5ccc6c(=O)c7c(O)cc8c(c7n(C)c6c5O)C=CC(C)(C)O8)c4n(C)c3c2[C@H]1O. The molecule has 0 bridgehead atoms. The molecule has 4 aromatic carbocycles. The van der Waals surface area contributed by atoms with Gasteiger partial charge in [0.1, 0.15) is 40.8 Å². The summed E-state index contributed by atoms with van der Waals surface area (Å²) in [6, 6.07) is 10.7. The summed E-state index contributed by atoms with van der Waals surface area (Å²) in [5, 5.41) is 45.6. The highest BCUT2D eigenvalue weighted by Gasteiger charge is 2.39. The van der Waals surface area contributed by atoms with Crippen LogP contribution in [-0.4, -0.2) is 41.3 Å². The Hall–Kier alpha value is -5.68. The zero-order chi connectivity index (χ0) is 34.8. The molecule has 0 radical (unpaired) electrons. The van der Waals surface area contributed by atoms with E-state index >= 15 is 0 Å². The maximum Gasteiger partial charge on any atom is 0.201 e. The van der Waals surface area contributed by atoms with Crippen LogP contribution in [-0.2, 0) is 14.1 Å². The molecular formula is C38H34N2O9. The van der Waals surface area contributed by atoms with Crippen LogP contribution >= 0.6 is 0 Å². The van der Waals surface area contributed by atoms with E-state index in [4.69, 9.17) is 14.2 Å². The number of aryl methyl sites for hydroxylation is 2. The molecular weight excluding hydrogens is 628 g/mol. The zero-order valence-electron chi connectivity index (χ0n) is 27.7. The summed E-state index contributed by atoms with van der Waals surface area (Å²) in [7, 11) is 3.38. The van der Waals surface area contributed by atoms with Gasteiger partial charge in [0.15, 0.2) is 17.2 Å². The third-order valence-corrected chi connectivity index (χ3v) is 9.73. The molecule has 2 atom stereocenters. The second kappa shape index (κ2) is 10.2. The molecule has 0 saturated heterocycles. The van der Waals surface area contributed by atoms with Crippen LogP contribution in [0.4, 0.5) is 0 Å². The lowest BCUT2D eigenvalue weighted by atomic mass is 9.95. The Labute approximate surface area is 279 Å². The smallest absolute Gasteiger partial charge is 0.201 e. The van der Waals surface area contributed by atoms with Crippen LogP contribution in [0.15, 0.2) is 58.1 Å². The van der Waals surface area contributed by atoms with Gasteiger partial charge in [-0.25, -0.2) is 0 Å². The van der Waals surface area contributed by atoms with Crippen molar-refractivity contribution < 1.29 is 34.6 Å². The molecule has 4 heterocycles. The Bertz CT molecular complexity index is 2610. The number of aromatic nitrogens is 2. The molecule has 2 aliphatic rings. The van der Waals surface area contributed by atoms with Crippen molar-refractivity contribution >= 4 is 49.7 Å². The predicted molar refractivity (Wildman–Crippen MR) is 186 cm³/mol. The average molecular weight is 663 g/mol. The maximum absolute atomic E-state index is 13.9. The van der Waals surface area contributed by atoms with Gasteiger partial charge >= 0.3 is 0 Å². The second-order valence-corrected chi connectivity index (χ2v) is 13.7. The van der Waals surface area contributed by atoms with Crippen LogP contribution in [0.5, 0.6) is 40.2 Å². The van der Waals surface area contributed by atoms with Gasteiger partial charge < -0.3 is 43.8 Å². The van der Waals surface area contributed by atoms with E-state index in [1.165, 1.54) is 24.3 Å². The number of benzene rings is 4. The van der Waals surface area contributed by atoms with E-state index in [-0.39, 0.29) is 61.7 Å². The third kappa shape index (κ3) is 4.18. The van der Waals surface area contributed by atoms with Gasteiger partial charge in [-0.1, -0.05) is 19.9 Å². The number of para-hydroxylation sites is 1. The van der Waals surface area contributed by atoms with E-state index < -0.39 is 28.7 Å². The number of phenols is 3. The third-order valence-electron chi connectivity index (χ3n) is 9.73. The minimum absolute atomic E-state index is 0.00761. The fourth-order valence-electron chi connectivity index (χ4n) is 7.46. The first-order valence-electron chi connectivity index (χ1n) is 16.0. The summed E-state index contributed by atoms with van der Waals surface area (Å²) in [4.78, 5) is 27.8. The second-order valence-electron chi connectivity index (χ2n) is 13.7. The van der Waals surface area contributed by atoms with Crippen LogP contribution in [0.3, 0.4) is 0 Å². The number of ether oxygens (including phenoxy) is 3. The number of rotatable bonds is 3. The zero-order valence-corrected chi connectivity index (χ0v) is 27.7. The van der Waals surface area contributed by atoms with Crippen molar-refractivity contribution in [3.05, 3.63) is 80.1 Å². The van der Waals surface area contributed by atoms with Crippen molar-refractivity contribution in [2.45, 2.75) is 45.5 Å². The number of fused-ring (bicyclic) bond motifs is 8. The number of aromatic hydroxyl groups is 3. The van der Waals surface area contributed by atoms with Gasteiger partial charge in [-0.15, -0.1) is 0 Å². The standard InChI is InChI=1S/C38H34N2O9/c1-16(2)37-36(46)28-25(48-37)15-21(42)27-32(28)39(5)29-18(33(27)43)8-7-9-22(29)47-23-11-10-19-31(35(23)45)40(6)30-17-12-13-38(3,4)49-24(17)14-20(41)26(30)34(19)44/h7-16,36-37,41-42,45-46H,1-6H3/t36-,37+/m1/s1. The van der Waals surface area contributed by atoms with Crippen molar-refractivity contribution in [1.29, 1.82) is 0 Å². The van der Waals surface area contributed by atoms with E-state index in [0.29, 0.717) is 39.2 Å². The fourth-order valence-corrected chi connectivity index (χ4v) is 7.46. The topological polar surface area (TPSA) is 153 Å². The van der Waals surface area contributed by atoms with E-state index in [2.05, 4.69) is 0 Å². The monoisotopic (exact) mass is 662 g/mol. The van der Waals surface area contributed by atoms with Crippen LogP contribution < -0.4 is 25.1 Å². The Kier molecular flexibility index (Phi) is 6.35. The lowest BCUT2D eigenvalue weighted by molar-refractivity contribution is 0.0386.